The van der Waals surface area contributed by atoms with Crippen LogP contribution in [0, 0.1) is 5.92 Å². The third kappa shape index (κ3) is 4.46. The lowest BCUT2D eigenvalue weighted by Gasteiger charge is -2.47. The third-order valence-corrected chi connectivity index (χ3v) is 5.67. The molecule has 0 spiro atoms. The molecule has 0 radical (unpaired) electrons. The van der Waals surface area contributed by atoms with E-state index in [9.17, 15) is 0 Å². The molecule has 2 rings (SSSR count). The van der Waals surface area contributed by atoms with E-state index in [1.807, 2.05) is 0 Å². The summed E-state index contributed by atoms with van der Waals surface area (Å²) in [6, 6.07) is 1.55. The zero-order chi connectivity index (χ0) is 14.2. The number of piperidine rings is 1. The number of hydrogen-bond acceptors (Lipinski definition) is 2. The molecule has 2 heteroatoms. The first-order chi connectivity index (χ1) is 9.86. The number of rotatable bonds is 8. The quantitative estimate of drug-likeness (QED) is 0.671. The summed E-state index contributed by atoms with van der Waals surface area (Å²) in [6.07, 6.45) is 17.0. The third-order valence-electron chi connectivity index (χ3n) is 5.67. The Labute approximate surface area is 126 Å². The van der Waals surface area contributed by atoms with Crippen molar-refractivity contribution in [3.8, 4) is 0 Å². The first kappa shape index (κ1) is 16.3. The number of nitrogens with zero attached hydrogens (tertiary/aromatic N) is 1. The predicted molar refractivity (Wildman–Crippen MR) is 87.9 cm³/mol. The second-order valence-corrected chi connectivity index (χ2v) is 7.08. The van der Waals surface area contributed by atoms with Gasteiger partial charge in [-0.05, 0) is 44.6 Å². The molecular weight excluding hydrogens is 244 g/mol. The maximum absolute atomic E-state index is 6.12. The van der Waals surface area contributed by atoms with E-state index in [1.165, 1.54) is 83.6 Å². The largest absolute Gasteiger partial charge is 0.329 e. The van der Waals surface area contributed by atoms with Gasteiger partial charge in [0.25, 0.3) is 0 Å². The van der Waals surface area contributed by atoms with Gasteiger partial charge in [-0.25, -0.2) is 0 Å². The van der Waals surface area contributed by atoms with Crippen LogP contribution in [0.25, 0.3) is 0 Å². The van der Waals surface area contributed by atoms with E-state index in [0.29, 0.717) is 6.04 Å². The standard InChI is InChI=1S/C18H36N2/c1-2-3-4-5-6-12-17(15-19)20-14-9-11-16-10-7-8-13-18(16)20/h16-18H,2-15,19H2,1H3. The Morgan fingerprint density at radius 1 is 1.00 bits per heavy atom. The monoisotopic (exact) mass is 280 g/mol. The fourth-order valence-corrected chi connectivity index (χ4v) is 4.52. The number of unbranched alkanes of at least 4 members (excludes halogenated alkanes) is 4. The highest BCUT2D eigenvalue weighted by atomic mass is 15.2. The first-order valence-corrected chi connectivity index (χ1v) is 9.32. The van der Waals surface area contributed by atoms with Crippen LogP contribution >= 0.6 is 0 Å². The van der Waals surface area contributed by atoms with Gasteiger partial charge in [-0.15, -0.1) is 0 Å². The number of fused-ring (bicyclic) bond motifs is 1. The van der Waals surface area contributed by atoms with Crippen LogP contribution in [0.2, 0.25) is 0 Å². The molecule has 2 nitrogen and oxygen atoms in total. The second kappa shape index (κ2) is 9.04. The summed E-state index contributed by atoms with van der Waals surface area (Å²) in [5, 5.41) is 0. The minimum atomic E-state index is 0.669. The van der Waals surface area contributed by atoms with Crippen molar-refractivity contribution < 1.29 is 0 Å². The average Bonchev–Trinajstić information content (AvgIpc) is 2.51. The van der Waals surface area contributed by atoms with Crippen molar-refractivity contribution >= 4 is 0 Å². The molecule has 3 atom stereocenters. The predicted octanol–water partition coefficient (Wildman–Crippen LogP) is 4.33. The van der Waals surface area contributed by atoms with Crippen LogP contribution in [-0.4, -0.2) is 30.1 Å². The molecule has 1 saturated heterocycles. The molecule has 20 heavy (non-hydrogen) atoms. The van der Waals surface area contributed by atoms with Crippen molar-refractivity contribution in [3.05, 3.63) is 0 Å². The Morgan fingerprint density at radius 3 is 2.55 bits per heavy atom. The normalized spacial score (nSPS) is 29.1. The summed E-state index contributed by atoms with van der Waals surface area (Å²) in [7, 11) is 0. The number of nitrogens with two attached hydrogens (primary N) is 1. The summed E-state index contributed by atoms with van der Waals surface area (Å²) in [5.74, 6) is 0.992. The molecule has 1 aliphatic heterocycles. The SMILES string of the molecule is CCCCCCCC(CN)N1CCCC2CCCCC21. The Bertz CT molecular complexity index is 252. The molecule has 2 N–H and O–H groups in total. The summed E-state index contributed by atoms with van der Waals surface area (Å²) in [5.41, 5.74) is 6.12. The van der Waals surface area contributed by atoms with Gasteiger partial charge in [0.1, 0.15) is 0 Å². The van der Waals surface area contributed by atoms with Crippen LogP contribution < -0.4 is 5.73 Å². The van der Waals surface area contributed by atoms with Gasteiger partial charge in [0, 0.05) is 18.6 Å². The summed E-state index contributed by atoms with van der Waals surface area (Å²) in [6.45, 7) is 4.48. The minimum absolute atomic E-state index is 0.669. The van der Waals surface area contributed by atoms with Crippen LogP contribution in [0.5, 0.6) is 0 Å². The van der Waals surface area contributed by atoms with E-state index >= 15 is 0 Å². The molecule has 0 aromatic carbocycles. The summed E-state index contributed by atoms with van der Waals surface area (Å²) in [4.78, 5) is 2.83. The molecule has 1 aliphatic carbocycles. The van der Waals surface area contributed by atoms with Crippen LogP contribution in [0.15, 0.2) is 0 Å². The number of likely N-dealkylation sites (tertiary alicyclic amines) is 1. The van der Waals surface area contributed by atoms with Crippen molar-refractivity contribution in [2.24, 2.45) is 11.7 Å². The Morgan fingerprint density at radius 2 is 1.75 bits per heavy atom. The molecule has 3 unspecified atom stereocenters. The lowest BCUT2D eigenvalue weighted by Crippen LogP contribution is -2.53. The van der Waals surface area contributed by atoms with E-state index < -0.39 is 0 Å². The Balaban J connectivity index is 1.79. The molecule has 0 aromatic heterocycles. The average molecular weight is 280 g/mol. The van der Waals surface area contributed by atoms with E-state index in [2.05, 4.69) is 11.8 Å². The van der Waals surface area contributed by atoms with Gasteiger partial charge < -0.3 is 5.73 Å². The maximum Gasteiger partial charge on any atom is 0.0221 e. The topological polar surface area (TPSA) is 29.3 Å². The molecule has 118 valence electrons. The molecule has 2 aliphatic rings. The highest BCUT2D eigenvalue weighted by Gasteiger charge is 2.35. The highest BCUT2D eigenvalue weighted by Crippen LogP contribution is 2.36. The van der Waals surface area contributed by atoms with Gasteiger partial charge in [0.15, 0.2) is 0 Å². The van der Waals surface area contributed by atoms with Crippen LogP contribution in [0.3, 0.4) is 0 Å². The lowest BCUT2D eigenvalue weighted by molar-refractivity contribution is 0.0247. The molecule has 1 saturated carbocycles. The van der Waals surface area contributed by atoms with E-state index in [1.54, 1.807) is 0 Å². The van der Waals surface area contributed by atoms with E-state index in [-0.39, 0.29) is 0 Å². The van der Waals surface area contributed by atoms with Crippen molar-refractivity contribution in [1.29, 1.82) is 0 Å². The molecule has 1 heterocycles. The van der Waals surface area contributed by atoms with Gasteiger partial charge in [0.05, 0.1) is 0 Å². The molecular formula is C18H36N2. The second-order valence-electron chi connectivity index (χ2n) is 7.08. The molecule has 0 bridgehead atoms. The smallest absolute Gasteiger partial charge is 0.0221 e. The van der Waals surface area contributed by atoms with Gasteiger partial charge in [-0.3, -0.25) is 4.90 Å². The molecule has 2 fully saturated rings. The van der Waals surface area contributed by atoms with Crippen molar-refractivity contribution in [3.63, 3.8) is 0 Å². The highest BCUT2D eigenvalue weighted by molar-refractivity contribution is 4.90. The van der Waals surface area contributed by atoms with Gasteiger partial charge in [-0.1, -0.05) is 51.9 Å². The first-order valence-electron chi connectivity index (χ1n) is 9.32. The van der Waals surface area contributed by atoms with E-state index in [0.717, 1.165) is 18.5 Å². The zero-order valence-electron chi connectivity index (χ0n) is 13.7. The van der Waals surface area contributed by atoms with Crippen LogP contribution in [0.4, 0.5) is 0 Å². The zero-order valence-corrected chi connectivity index (χ0v) is 13.7. The fraction of sp³-hybridized carbons (Fsp3) is 1.00. The number of hydrogen-bond donors (Lipinski definition) is 1. The van der Waals surface area contributed by atoms with Crippen molar-refractivity contribution in [2.75, 3.05) is 13.1 Å². The van der Waals surface area contributed by atoms with Gasteiger partial charge in [0.2, 0.25) is 0 Å². The van der Waals surface area contributed by atoms with Crippen molar-refractivity contribution in [2.45, 2.75) is 96.1 Å². The Kier molecular flexibility index (Phi) is 7.37. The van der Waals surface area contributed by atoms with Crippen LogP contribution in [-0.2, 0) is 0 Å². The summed E-state index contributed by atoms with van der Waals surface area (Å²) < 4.78 is 0. The maximum atomic E-state index is 6.12. The summed E-state index contributed by atoms with van der Waals surface area (Å²) >= 11 is 0. The Hall–Kier alpha value is -0.0800. The van der Waals surface area contributed by atoms with Crippen molar-refractivity contribution in [1.82, 2.24) is 4.90 Å². The lowest BCUT2D eigenvalue weighted by atomic mass is 9.77. The fourth-order valence-electron chi connectivity index (χ4n) is 4.52. The molecule has 0 aromatic rings. The minimum Gasteiger partial charge on any atom is -0.329 e. The van der Waals surface area contributed by atoms with Crippen LogP contribution in [0.1, 0.15) is 84.0 Å². The molecule has 0 amide bonds. The van der Waals surface area contributed by atoms with Gasteiger partial charge >= 0.3 is 0 Å². The van der Waals surface area contributed by atoms with E-state index in [4.69, 9.17) is 5.73 Å². The van der Waals surface area contributed by atoms with Gasteiger partial charge in [-0.2, -0.15) is 0 Å².